The number of carboxylic acids is 2. The summed E-state index contributed by atoms with van der Waals surface area (Å²) in [5.41, 5.74) is 20.9. The van der Waals surface area contributed by atoms with Gasteiger partial charge in [-0.05, 0) is 209 Å². The van der Waals surface area contributed by atoms with E-state index in [2.05, 4.69) is 84.9 Å². The first kappa shape index (κ1) is 69.6. The second-order valence-corrected chi connectivity index (χ2v) is 28.6. The van der Waals surface area contributed by atoms with E-state index < -0.39 is 23.1 Å². The first-order valence-electron chi connectivity index (χ1n) is 31.5. The topological polar surface area (TPSA) is 193 Å². The molecule has 0 aliphatic heterocycles. The molecule has 0 amide bonds. The normalized spacial score (nSPS) is 14.8. The average molecular weight is 1290 g/mol. The van der Waals surface area contributed by atoms with Crippen molar-refractivity contribution in [1.82, 2.24) is 9.97 Å². The van der Waals surface area contributed by atoms with Crippen LogP contribution in [0.3, 0.4) is 0 Å². The molecule has 2 saturated carbocycles. The number of nitrogens with two attached hydrogens (primary N) is 2. The van der Waals surface area contributed by atoms with E-state index >= 15 is 0 Å². The van der Waals surface area contributed by atoms with E-state index in [4.69, 9.17) is 44.6 Å². The summed E-state index contributed by atoms with van der Waals surface area (Å²) < 4.78 is 0. The summed E-state index contributed by atoms with van der Waals surface area (Å²) in [6.45, 7) is 8.96. The van der Waals surface area contributed by atoms with E-state index in [1.54, 1.807) is 0 Å². The number of aliphatic carboxylic acids is 2. The standard InChI is InChI=1S/2C35H36ClNO3S.C6H16N2/c2*1-34(2,40)30-9-4-3-7-25(30)13-17-32(41-23-35(18-19-35)22-33(38)39)27-8-5-6-24(20-27)10-15-29-16-12-26-11-14-28(36)21-31(26)37-29;7-5-3-1-2-4-6-8/h2*3-12,14-16,20-21,32,40H,13,17-19,22-23H2,1-2H3,(H,38,39);1-8H2/b2*15-10+;/t2*32-;/m11./s1. The Bertz CT molecular complexity index is 3500. The van der Waals surface area contributed by atoms with Gasteiger partial charge in [0.15, 0.2) is 0 Å². The number of aromatic nitrogens is 2. The molecule has 2 heterocycles. The van der Waals surface area contributed by atoms with Gasteiger partial charge in [-0.25, -0.2) is 9.97 Å². The number of nitrogens with zero attached hydrogens (tertiary/aromatic N) is 2. The van der Waals surface area contributed by atoms with E-state index in [1.165, 1.54) is 24.0 Å². The Morgan fingerprint density at radius 2 is 0.911 bits per heavy atom. The van der Waals surface area contributed by atoms with Gasteiger partial charge in [0.05, 0.1) is 46.5 Å². The highest BCUT2D eigenvalue weighted by atomic mass is 35.5. The Morgan fingerprint density at radius 3 is 1.28 bits per heavy atom. The lowest BCUT2D eigenvalue weighted by molar-refractivity contribution is -0.139. The Labute approximate surface area is 551 Å². The molecule has 8 N–H and O–H groups in total. The second-order valence-electron chi connectivity index (χ2n) is 25.4. The van der Waals surface area contributed by atoms with Crippen LogP contribution in [0.4, 0.5) is 0 Å². The molecular formula is C76H88Cl2N4O6S2. The van der Waals surface area contributed by atoms with Crippen molar-refractivity contribution in [2.45, 2.75) is 139 Å². The SMILES string of the molecule is CC(C)(O)c1ccccc1CC[C@@H](SCC1(CC(=O)O)CC1)c1cccc(/C=C/c2ccc3ccc(Cl)cc3n2)c1.CC(C)(O)c1ccccc1CC[C@@H](SCC1(CC(=O)O)CC1)c1cccc(/C=C/c2ccc3ccc(Cl)cc3n2)c1.NCCCCCCN. The number of halogens is 2. The monoisotopic (exact) mass is 1290 g/mol. The number of aliphatic hydroxyl groups is 2. The molecule has 0 spiro atoms. The number of carbonyl (C=O) groups is 2. The summed E-state index contributed by atoms with van der Waals surface area (Å²) in [5, 5.41) is 44.2. The molecule has 474 valence electrons. The van der Waals surface area contributed by atoms with Crippen molar-refractivity contribution < 1.29 is 30.0 Å². The van der Waals surface area contributed by atoms with Crippen LogP contribution >= 0.6 is 46.7 Å². The van der Waals surface area contributed by atoms with Gasteiger partial charge in [0.25, 0.3) is 0 Å². The van der Waals surface area contributed by atoms with Crippen LogP contribution in [0.2, 0.25) is 10.0 Å². The number of carboxylic acid groups (broad SMARTS) is 2. The van der Waals surface area contributed by atoms with Crippen molar-refractivity contribution in [2.75, 3.05) is 24.6 Å². The molecule has 10 rings (SSSR count). The number of fused-ring (bicyclic) bond motifs is 2. The number of hydrogen-bond donors (Lipinski definition) is 6. The summed E-state index contributed by atoms with van der Waals surface area (Å²) in [4.78, 5) is 32.5. The van der Waals surface area contributed by atoms with Crippen LogP contribution in [0.5, 0.6) is 0 Å². The zero-order chi connectivity index (χ0) is 64.3. The predicted molar refractivity (Wildman–Crippen MR) is 379 cm³/mol. The minimum atomic E-state index is -0.911. The number of unbranched alkanes of at least 4 members (excludes halogenated alkanes) is 3. The Morgan fingerprint density at radius 1 is 0.522 bits per heavy atom. The van der Waals surface area contributed by atoms with Gasteiger partial charge >= 0.3 is 11.9 Å². The molecule has 2 aliphatic rings. The van der Waals surface area contributed by atoms with Crippen molar-refractivity contribution in [3.63, 3.8) is 0 Å². The molecule has 10 nitrogen and oxygen atoms in total. The number of aryl methyl sites for hydroxylation is 2. The third-order valence-corrected chi connectivity index (χ3v) is 20.7. The van der Waals surface area contributed by atoms with Crippen molar-refractivity contribution in [1.29, 1.82) is 0 Å². The number of hydrogen-bond acceptors (Lipinski definition) is 10. The minimum Gasteiger partial charge on any atom is -0.481 e. The van der Waals surface area contributed by atoms with Gasteiger partial charge in [-0.15, -0.1) is 0 Å². The zero-order valence-corrected chi connectivity index (χ0v) is 55.6. The fraction of sp³-hybridized carbons (Fsp3) is 0.368. The van der Waals surface area contributed by atoms with Crippen LogP contribution in [0.25, 0.3) is 46.1 Å². The van der Waals surface area contributed by atoms with Crippen LogP contribution in [0.15, 0.2) is 158 Å². The highest BCUT2D eigenvalue weighted by Gasteiger charge is 2.45. The molecule has 0 radical (unpaired) electrons. The highest BCUT2D eigenvalue weighted by Crippen LogP contribution is 2.55. The van der Waals surface area contributed by atoms with E-state index in [9.17, 15) is 30.0 Å². The lowest BCUT2D eigenvalue weighted by Crippen LogP contribution is -2.18. The zero-order valence-electron chi connectivity index (χ0n) is 52.4. The largest absolute Gasteiger partial charge is 0.481 e. The highest BCUT2D eigenvalue weighted by molar-refractivity contribution is 7.99. The summed E-state index contributed by atoms with van der Waals surface area (Å²) in [7, 11) is 0. The van der Waals surface area contributed by atoms with Crippen LogP contribution in [0, 0.1) is 10.8 Å². The van der Waals surface area contributed by atoms with Gasteiger partial charge in [0, 0.05) is 42.8 Å². The van der Waals surface area contributed by atoms with Crippen molar-refractivity contribution in [3.05, 3.63) is 224 Å². The molecule has 2 aliphatic carbocycles. The van der Waals surface area contributed by atoms with Gasteiger partial charge in [0.1, 0.15) is 0 Å². The molecule has 90 heavy (non-hydrogen) atoms. The third-order valence-electron chi connectivity index (χ3n) is 16.8. The molecule has 0 bridgehead atoms. The summed E-state index contributed by atoms with van der Waals surface area (Å²) >= 11 is 16.1. The van der Waals surface area contributed by atoms with E-state index in [0.29, 0.717) is 10.0 Å². The molecule has 14 heteroatoms. The molecule has 6 aromatic carbocycles. The van der Waals surface area contributed by atoms with Crippen LogP contribution in [-0.4, -0.2) is 66.9 Å². The number of rotatable bonds is 29. The van der Waals surface area contributed by atoms with Gasteiger partial charge < -0.3 is 31.9 Å². The maximum atomic E-state index is 11.5. The molecule has 2 atom stereocenters. The maximum Gasteiger partial charge on any atom is 0.303 e. The van der Waals surface area contributed by atoms with E-state index in [0.717, 1.165) is 155 Å². The molecule has 8 aromatic rings. The molecule has 0 saturated heterocycles. The van der Waals surface area contributed by atoms with Crippen molar-refractivity contribution in [2.24, 2.45) is 22.3 Å². The molecular weight excluding hydrogens is 1200 g/mol. The fourth-order valence-corrected chi connectivity index (χ4v) is 14.8. The van der Waals surface area contributed by atoms with Gasteiger partial charge in [0.2, 0.25) is 0 Å². The summed E-state index contributed by atoms with van der Waals surface area (Å²) in [6, 6.07) is 52.9. The average Bonchev–Trinajstić information content (AvgIpc) is 2.03. The first-order chi connectivity index (χ1) is 43.1. The molecule has 2 aromatic heterocycles. The predicted octanol–water partition coefficient (Wildman–Crippen LogP) is 18.4. The van der Waals surface area contributed by atoms with Crippen molar-refractivity contribution >= 4 is 105 Å². The quantitative estimate of drug-likeness (QED) is 0.0243. The molecule has 0 unspecified atom stereocenters. The Hall–Kier alpha value is -6.32. The summed E-state index contributed by atoms with van der Waals surface area (Å²) in [6.07, 6.45) is 20.8. The fourth-order valence-electron chi connectivity index (χ4n) is 11.4. The van der Waals surface area contributed by atoms with Crippen LogP contribution in [-0.2, 0) is 33.6 Å². The van der Waals surface area contributed by atoms with Gasteiger partial charge in [-0.2, -0.15) is 23.5 Å². The van der Waals surface area contributed by atoms with Crippen molar-refractivity contribution in [3.8, 4) is 0 Å². The lowest BCUT2D eigenvalue weighted by Gasteiger charge is -2.24. The summed E-state index contributed by atoms with van der Waals surface area (Å²) in [5.74, 6) is 0.243. The molecule has 2 fully saturated rings. The number of thioether (sulfide) groups is 2. The van der Waals surface area contributed by atoms with E-state index in [1.807, 2.05) is 148 Å². The van der Waals surface area contributed by atoms with Crippen LogP contribution in [0.1, 0.15) is 171 Å². The third kappa shape index (κ3) is 21.7. The second kappa shape index (κ2) is 32.8. The Kier molecular flexibility index (Phi) is 25.4. The minimum absolute atomic E-state index is 0.0814. The number of pyridine rings is 2. The van der Waals surface area contributed by atoms with Crippen LogP contribution < -0.4 is 11.5 Å². The maximum absolute atomic E-state index is 11.5. The van der Waals surface area contributed by atoms with Gasteiger partial charge in [-0.1, -0.05) is 170 Å². The van der Waals surface area contributed by atoms with E-state index in [-0.39, 0.29) is 34.2 Å². The van der Waals surface area contributed by atoms with Gasteiger partial charge in [-0.3, -0.25) is 9.59 Å². The Balaban J connectivity index is 0.000000207. The lowest BCUT2D eigenvalue weighted by atomic mass is 9.90. The number of benzene rings is 6. The first-order valence-corrected chi connectivity index (χ1v) is 34.3. The smallest absolute Gasteiger partial charge is 0.303 e.